The van der Waals surface area contributed by atoms with Gasteiger partial charge in [-0.3, -0.25) is 0 Å². The van der Waals surface area contributed by atoms with Crippen LogP contribution in [0.25, 0.3) is 0 Å². The first-order chi connectivity index (χ1) is 5.77. The second-order valence-electron chi connectivity index (χ2n) is 2.65. The fraction of sp³-hybridized carbons (Fsp3) is 0.444. The average molecular weight is 247 g/mol. The molecule has 66 valence electrons. The van der Waals surface area contributed by atoms with E-state index in [9.17, 15) is 4.79 Å². The van der Waals surface area contributed by atoms with E-state index < -0.39 is 0 Å². The molecule has 12 heavy (non-hydrogen) atoms. The molecule has 1 nitrogen and oxygen atoms in total. The van der Waals surface area contributed by atoms with Gasteiger partial charge in [-0.2, -0.15) is 0 Å². The lowest BCUT2D eigenvalue weighted by molar-refractivity contribution is -0.108. The molecular formula is C9H11BrOS. The van der Waals surface area contributed by atoms with Gasteiger partial charge in [-0.1, -0.05) is 6.92 Å². The number of carbonyl (C=O) groups excluding carboxylic acids is 1. The van der Waals surface area contributed by atoms with Crippen molar-refractivity contribution in [2.75, 3.05) is 0 Å². The zero-order chi connectivity index (χ0) is 8.97. The molecule has 0 amide bonds. The smallest absolute Gasteiger partial charge is 0.120 e. The Kier molecular flexibility index (Phi) is 3.95. The van der Waals surface area contributed by atoms with Gasteiger partial charge in [-0.25, -0.2) is 0 Å². The van der Waals surface area contributed by atoms with Crippen LogP contribution in [0.5, 0.6) is 0 Å². The summed E-state index contributed by atoms with van der Waals surface area (Å²) < 4.78 is 1.14. The highest BCUT2D eigenvalue weighted by molar-refractivity contribution is 9.11. The highest BCUT2D eigenvalue weighted by atomic mass is 79.9. The number of halogens is 1. The first-order valence-corrected chi connectivity index (χ1v) is 5.57. The summed E-state index contributed by atoms with van der Waals surface area (Å²) in [6.45, 7) is 2.11. The van der Waals surface area contributed by atoms with E-state index in [4.69, 9.17) is 0 Å². The summed E-state index contributed by atoms with van der Waals surface area (Å²) in [6, 6.07) is 4.12. The third-order valence-corrected chi connectivity index (χ3v) is 3.66. The molecule has 0 aliphatic carbocycles. The van der Waals surface area contributed by atoms with Crippen LogP contribution in [-0.4, -0.2) is 6.29 Å². The summed E-state index contributed by atoms with van der Waals surface area (Å²) in [5.74, 6) is 0.416. The predicted octanol–water partition coefficient (Wildman–Crippen LogP) is 3.59. The van der Waals surface area contributed by atoms with E-state index in [2.05, 4.69) is 28.9 Å². The van der Waals surface area contributed by atoms with Gasteiger partial charge in [0, 0.05) is 11.3 Å². The minimum atomic E-state index is 0.416. The van der Waals surface area contributed by atoms with Crippen molar-refractivity contribution in [2.24, 2.45) is 0 Å². The van der Waals surface area contributed by atoms with E-state index in [1.807, 2.05) is 6.07 Å². The summed E-state index contributed by atoms with van der Waals surface area (Å²) in [5.41, 5.74) is 0. The Labute approximate surface area is 84.9 Å². The molecule has 1 unspecified atom stereocenters. The number of hydrogen-bond acceptors (Lipinski definition) is 2. The van der Waals surface area contributed by atoms with Gasteiger partial charge in [0.1, 0.15) is 6.29 Å². The van der Waals surface area contributed by atoms with Crippen LogP contribution in [0.3, 0.4) is 0 Å². The first-order valence-electron chi connectivity index (χ1n) is 3.96. The molecule has 0 saturated carbocycles. The standard InChI is InChI=1S/C9H11BrOS/c1-2-7(5-6-11)8-3-4-9(10)12-8/h3-4,6-7H,2,5H2,1H3. The second-order valence-corrected chi connectivity index (χ2v) is 5.14. The van der Waals surface area contributed by atoms with Gasteiger partial charge in [0.25, 0.3) is 0 Å². The van der Waals surface area contributed by atoms with Gasteiger partial charge < -0.3 is 4.79 Å². The van der Waals surface area contributed by atoms with Gasteiger partial charge in [-0.05, 0) is 40.4 Å². The van der Waals surface area contributed by atoms with Gasteiger partial charge in [0.15, 0.2) is 0 Å². The Morgan fingerprint density at radius 2 is 2.42 bits per heavy atom. The van der Waals surface area contributed by atoms with E-state index in [1.165, 1.54) is 4.88 Å². The minimum Gasteiger partial charge on any atom is -0.303 e. The largest absolute Gasteiger partial charge is 0.303 e. The summed E-state index contributed by atoms with van der Waals surface area (Å²) >= 11 is 5.13. The summed E-state index contributed by atoms with van der Waals surface area (Å²) in [6.07, 6.45) is 2.68. The van der Waals surface area contributed by atoms with Crippen LogP contribution >= 0.6 is 27.3 Å². The lowest BCUT2D eigenvalue weighted by atomic mass is 10.0. The molecule has 0 aromatic carbocycles. The molecule has 1 atom stereocenters. The quantitative estimate of drug-likeness (QED) is 0.743. The highest BCUT2D eigenvalue weighted by Gasteiger charge is 2.10. The van der Waals surface area contributed by atoms with Gasteiger partial charge in [-0.15, -0.1) is 11.3 Å². The molecular weight excluding hydrogens is 236 g/mol. The number of rotatable bonds is 4. The molecule has 0 aliphatic heterocycles. The maximum atomic E-state index is 10.3. The van der Waals surface area contributed by atoms with Crippen LogP contribution in [0.2, 0.25) is 0 Å². The maximum Gasteiger partial charge on any atom is 0.120 e. The lowest BCUT2D eigenvalue weighted by Gasteiger charge is -2.07. The Balaban J connectivity index is 2.72. The van der Waals surface area contributed by atoms with Crippen LogP contribution in [0.4, 0.5) is 0 Å². The van der Waals surface area contributed by atoms with Crippen molar-refractivity contribution < 1.29 is 4.79 Å². The molecule has 0 spiro atoms. The van der Waals surface area contributed by atoms with Crippen molar-refractivity contribution in [3.63, 3.8) is 0 Å². The maximum absolute atomic E-state index is 10.3. The molecule has 1 rings (SSSR count). The monoisotopic (exact) mass is 246 g/mol. The minimum absolute atomic E-state index is 0.416. The van der Waals surface area contributed by atoms with E-state index in [1.54, 1.807) is 11.3 Å². The highest BCUT2D eigenvalue weighted by Crippen LogP contribution is 2.31. The molecule has 0 N–H and O–H groups in total. The van der Waals surface area contributed by atoms with Crippen molar-refractivity contribution >= 4 is 33.6 Å². The van der Waals surface area contributed by atoms with E-state index in [0.29, 0.717) is 12.3 Å². The molecule has 1 aromatic rings. The van der Waals surface area contributed by atoms with E-state index in [-0.39, 0.29) is 0 Å². The van der Waals surface area contributed by atoms with Crippen LogP contribution in [0.1, 0.15) is 30.6 Å². The number of thiophene rings is 1. The Morgan fingerprint density at radius 3 is 2.83 bits per heavy atom. The Bertz CT molecular complexity index is 257. The van der Waals surface area contributed by atoms with Crippen LogP contribution in [0.15, 0.2) is 15.9 Å². The van der Waals surface area contributed by atoms with Crippen LogP contribution in [0, 0.1) is 0 Å². The Hall–Kier alpha value is -0.150. The average Bonchev–Trinajstić information content (AvgIpc) is 2.47. The van der Waals surface area contributed by atoms with Crippen molar-refractivity contribution in [1.82, 2.24) is 0 Å². The molecule has 0 radical (unpaired) electrons. The van der Waals surface area contributed by atoms with Gasteiger partial charge in [0.2, 0.25) is 0 Å². The number of aldehydes is 1. The fourth-order valence-corrected chi connectivity index (χ4v) is 2.77. The van der Waals surface area contributed by atoms with Crippen molar-refractivity contribution in [2.45, 2.75) is 25.7 Å². The Morgan fingerprint density at radius 1 is 1.67 bits per heavy atom. The summed E-state index contributed by atoms with van der Waals surface area (Å²) in [7, 11) is 0. The molecule has 3 heteroatoms. The first kappa shape index (κ1) is 9.93. The predicted molar refractivity (Wildman–Crippen MR) is 55.7 cm³/mol. The van der Waals surface area contributed by atoms with Crippen molar-refractivity contribution in [1.29, 1.82) is 0 Å². The van der Waals surface area contributed by atoms with Crippen LogP contribution in [-0.2, 0) is 4.79 Å². The second kappa shape index (κ2) is 4.77. The summed E-state index contributed by atoms with van der Waals surface area (Å²) in [4.78, 5) is 11.6. The molecule has 1 aromatic heterocycles. The molecule has 0 bridgehead atoms. The number of hydrogen-bond donors (Lipinski definition) is 0. The number of carbonyl (C=O) groups is 1. The van der Waals surface area contributed by atoms with Gasteiger partial charge >= 0.3 is 0 Å². The molecule has 0 fully saturated rings. The third-order valence-electron chi connectivity index (χ3n) is 1.87. The topological polar surface area (TPSA) is 17.1 Å². The van der Waals surface area contributed by atoms with Crippen molar-refractivity contribution in [3.05, 3.63) is 20.8 Å². The SMILES string of the molecule is CCC(CC=O)c1ccc(Br)s1. The molecule has 0 aliphatic rings. The van der Waals surface area contributed by atoms with Crippen molar-refractivity contribution in [3.8, 4) is 0 Å². The van der Waals surface area contributed by atoms with Gasteiger partial charge in [0.05, 0.1) is 3.79 Å². The fourth-order valence-electron chi connectivity index (χ4n) is 1.15. The van der Waals surface area contributed by atoms with E-state index >= 15 is 0 Å². The third kappa shape index (κ3) is 2.42. The van der Waals surface area contributed by atoms with E-state index in [0.717, 1.165) is 16.5 Å². The zero-order valence-electron chi connectivity index (χ0n) is 6.92. The zero-order valence-corrected chi connectivity index (χ0v) is 9.32. The summed E-state index contributed by atoms with van der Waals surface area (Å²) in [5, 5.41) is 0. The normalized spacial score (nSPS) is 12.8. The molecule has 1 heterocycles. The molecule has 0 saturated heterocycles. The van der Waals surface area contributed by atoms with Crippen LogP contribution < -0.4 is 0 Å². The lowest BCUT2D eigenvalue weighted by Crippen LogP contribution is -1.94.